The number of rotatable bonds is 14. The van der Waals surface area contributed by atoms with Gasteiger partial charge < -0.3 is 24.6 Å². The number of fused-ring (bicyclic) bond motifs is 4. The number of Topliss-reactive ketones (excluding diaryl/α,β-unsaturated/α-hetero) is 1. The standard InChI is InChI=1S/C44H45Cl2N5O6/c1-55-40-27(23-48-22-26-8-10-30(52)20-26)9-12-37(49-40)35-7-3-6-34(39(35)46)31-4-2-5-33-32(31)11-13-38(33)57-42-36(45)21-28(41(50-42)56-19-18-47)24-51-25-44(43(53)54)16-14-29(51)15-17-44/h2-7,9,12,21,26,29,38,48H,8,10-11,13-17,19-20,22-25H2,1H3,(H,53,54)/t26-,29?,38+,44?/m1/s1. The summed E-state index contributed by atoms with van der Waals surface area (Å²) in [5, 5.41) is 23.7. The number of carboxylic acid groups (broad SMARTS) is 1. The second-order valence-corrected chi connectivity index (χ2v) is 16.5. The van der Waals surface area contributed by atoms with Crippen LogP contribution in [0.25, 0.3) is 22.4 Å². The van der Waals surface area contributed by atoms with Gasteiger partial charge in [-0.05, 0) is 86.2 Å². The van der Waals surface area contributed by atoms with Crippen LogP contribution >= 0.6 is 23.2 Å². The van der Waals surface area contributed by atoms with E-state index in [1.807, 2.05) is 42.5 Å². The van der Waals surface area contributed by atoms with Crippen LogP contribution in [-0.2, 0) is 29.1 Å². The number of halogens is 2. The molecule has 2 saturated heterocycles. The Morgan fingerprint density at radius 1 is 0.982 bits per heavy atom. The molecule has 2 atom stereocenters. The van der Waals surface area contributed by atoms with E-state index in [4.69, 9.17) is 47.4 Å². The van der Waals surface area contributed by atoms with Crippen molar-refractivity contribution in [2.24, 2.45) is 11.3 Å². The minimum Gasteiger partial charge on any atom is -0.481 e. The largest absolute Gasteiger partial charge is 0.481 e. The number of nitrogens with one attached hydrogen (secondary N) is 1. The number of nitriles is 1. The molecular weight excluding hydrogens is 765 g/mol. The van der Waals surface area contributed by atoms with Crippen LogP contribution in [0.5, 0.6) is 17.6 Å². The molecule has 3 aliphatic carbocycles. The fourth-order valence-corrected chi connectivity index (χ4v) is 9.81. The molecular formula is C44H45Cl2N5O6. The van der Waals surface area contributed by atoms with Gasteiger partial charge in [0.25, 0.3) is 0 Å². The second-order valence-electron chi connectivity index (χ2n) is 15.7. The highest BCUT2D eigenvalue weighted by Crippen LogP contribution is 2.47. The van der Waals surface area contributed by atoms with Gasteiger partial charge in [-0.1, -0.05) is 65.7 Å². The number of ether oxygens (including phenoxy) is 3. The molecule has 11 nitrogen and oxygen atoms in total. The average molecular weight is 811 g/mol. The fourth-order valence-electron chi connectivity index (χ4n) is 9.27. The molecule has 13 heteroatoms. The van der Waals surface area contributed by atoms with E-state index in [9.17, 15) is 20.0 Å². The number of ketones is 1. The highest BCUT2D eigenvalue weighted by atomic mass is 35.5. The predicted octanol–water partition coefficient (Wildman–Crippen LogP) is 8.38. The topological polar surface area (TPSA) is 147 Å². The Hall–Kier alpha value is -4.73. The lowest BCUT2D eigenvalue weighted by Crippen LogP contribution is -2.56. The van der Waals surface area contributed by atoms with Gasteiger partial charge in [-0.3, -0.25) is 14.5 Å². The first-order chi connectivity index (χ1) is 27.7. The lowest BCUT2D eigenvalue weighted by atomic mass is 9.67. The van der Waals surface area contributed by atoms with Crippen molar-refractivity contribution in [3.8, 4) is 46.1 Å². The molecule has 0 amide bonds. The van der Waals surface area contributed by atoms with E-state index in [1.54, 1.807) is 13.2 Å². The van der Waals surface area contributed by atoms with E-state index in [1.165, 1.54) is 0 Å². The Labute approximate surface area is 342 Å². The average Bonchev–Trinajstić information content (AvgIpc) is 3.84. The van der Waals surface area contributed by atoms with Crippen molar-refractivity contribution < 1.29 is 28.9 Å². The van der Waals surface area contributed by atoms with Crippen LogP contribution in [-0.4, -0.2) is 64.6 Å². The maximum absolute atomic E-state index is 12.2. The van der Waals surface area contributed by atoms with Crippen molar-refractivity contribution in [2.75, 3.05) is 26.8 Å². The molecule has 0 unspecified atom stereocenters. The number of piperidine rings is 2. The number of nitrogens with zero attached hydrogens (tertiary/aromatic N) is 4. The SMILES string of the molecule is COc1nc(-c2cccc(-c3cccc4c3CC[C@@H]4Oc3nc(OCC#N)c(CN4CC5(C(=O)O)CCC4CC5)cc3Cl)c2Cl)ccc1CNC[C@@H]1CCC(=O)C1. The van der Waals surface area contributed by atoms with Gasteiger partial charge in [-0.25, -0.2) is 4.98 Å². The summed E-state index contributed by atoms with van der Waals surface area (Å²) >= 11 is 14.1. The number of hydrogen-bond donors (Lipinski definition) is 2. The maximum atomic E-state index is 12.2. The third kappa shape index (κ3) is 7.93. The summed E-state index contributed by atoms with van der Waals surface area (Å²) in [7, 11) is 1.61. The minimum absolute atomic E-state index is 0.201. The van der Waals surface area contributed by atoms with E-state index in [0.29, 0.717) is 90.6 Å². The number of carboxylic acids is 1. The van der Waals surface area contributed by atoms with E-state index in [-0.39, 0.29) is 30.5 Å². The molecule has 4 aromatic rings. The van der Waals surface area contributed by atoms with Crippen LogP contribution in [0.2, 0.25) is 10.0 Å². The van der Waals surface area contributed by atoms with Gasteiger partial charge in [-0.2, -0.15) is 10.2 Å². The Morgan fingerprint density at radius 3 is 2.53 bits per heavy atom. The molecule has 0 radical (unpaired) electrons. The third-order valence-electron chi connectivity index (χ3n) is 12.3. The van der Waals surface area contributed by atoms with Gasteiger partial charge in [0.2, 0.25) is 17.6 Å². The number of aliphatic carboxylic acids is 1. The summed E-state index contributed by atoms with van der Waals surface area (Å²) in [4.78, 5) is 35.6. The lowest BCUT2D eigenvalue weighted by molar-refractivity contribution is -0.160. The fraction of sp³-hybridized carbons (Fsp3) is 0.432. The van der Waals surface area contributed by atoms with E-state index < -0.39 is 11.4 Å². The molecule has 2 aliphatic heterocycles. The molecule has 2 aromatic heterocycles. The van der Waals surface area contributed by atoms with Gasteiger partial charge in [0.1, 0.15) is 23.0 Å². The molecule has 5 aliphatic rings. The van der Waals surface area contributed by atoms with Crippen molar-refractivity contribution in [3.05, 3.63) is 86.9 Å². The van der Waals surface area contributed by atoms with Crippen molar-refractivity contribution in [3.63, 3.8) is 0 Å². The van der Waals surface area contributed by atoms with Gasteiger partial charge in [0, 0.05) is 60.8 Å². The first-order valence-corrected chi connectivity index (χ1v) is 20.4. The minimum atomic E-state index is -0.746. The van der Waals surface area contributed by atoms with E-state index in [0.717, 1.165) is 65.6 Å². The summed E-state index contributed by atoms with van der Waals surface area (Å²) in [5.41, 5.74) is 6.39. The number of hydrogen-bond acceptors (Lipinski definition) is 10. The first-order valence-electron chi connectivity index (χ1n) is 19.7. The third-order valence-corrected chi connectivity index (χ3v) is 13.0. The lowest BCUT2D eigenvalue weighted by Gasteiger charge is -2.50. The molecule has 2 bridgehead atoms. The molecule has 296 valence electrons. The maximum Gasteiger partial charge on any atom is 0.310 e. The Balaban J connectivity index is 1.01. The Bertz CT molecular complexity index is 2240. The molecule has 2 aromatic carbocycles. The molecule has 4 fully saturated rings. The van der Waals surface area contributed by atoms with Crippen LogP contribution in [0, 0.1) is 22.7 Å². The van der Waals surface area contributed by atoms with Crippen LogP contribution in [0.15, 0.2) is 54.6 Å². The van der Waals surface area contributed by atoms with Crippen LogP contribution in [0.4, 0.5) is 0 Å². The second kappa shape index (κ2) is 16.6. The zero-order valence-electron chi connectivity index (χ0n) is 31.9. The molecule has 2 saturated carbocycles. The van der Waals surface area contributed by atoms with Gasteiger partial charge in [-0.15, -0.1) is 0 Å². The van der Waals surface area contributed by atoms with E-state index in [2.05, 4.69) is 22.3 Å². The van der Waals surface area contributed by atoms with Gasteiger partial charge in [0.15, 0.2) is 6.61 Å². The van der Waals surface area contributed by atoms with Crippen molar-refractivity contribution in [1.82, 2.24) is 20.2 Å². The molecule has 4 heterocycles. The number of aromatic nitrogens is 2. The normalized spacial score (nSPS) is 22.6. The molecule has 0 spiro atoms. The van der Waals surface area contributed by atoms with Crippen molar-refractivity contribution >= 4 is 35.0 Å². The number of methoxy groups -OCH3 is 1. The zero-order valence-corrected chi connectivity index (χ0v) is 33.4. The van der Waals surface area contributed by atoms with Gasteiger partial charge >= 0.3 is 5.97 Å². The quantitative estimate of drug-likeness (QED) is 0.127. The molecule has 9 rings (SSSR count). The van der Waals surface area contributed by atoms with Crippen molar-refractivity contribution in [1.29, 1.82) is 5.26 Å². The van der Waals surface area contributed by atoms with Crippen LogP contribution < -0.4 is 19.5 Å². The monoisotopic (exact) mass is 809 g/mol. The van der Waals surface area contributed by atoms with Gasteiger partial charge in [0.05, 0.1) is 23.2 Å². The Kier molecular flexibility index (Phi) is 11.4. The summed E-state index contributed by atoms with van der Waals surface area (Å²) in [6.45, 7) is 2.03. The summed E-state index contributed by atoms with van der Waals surface area (Å²) < 4.78 is 18.0. The summed E-state index contributed by atoms with van der Waals surface area (Å²) in [5.74, 6) is 0.972. The summed E-state index contributed by atoms with van der Waals surface area (Å²) in [6, 6.07) is 20.1. The van der Waals surface area contributed by atoms with Crippen LogP contribution in [0.3, 0.4) is 0 Å². The number of carbonyl (C=O) groups is 2. The highest BCUT2D eigenvalue weighted by Gasteiger charge is 2.49. The van der Waals surface area contributed by atoms with Crippen molar-refractivity contribution in [2.45, 2.75) is 83.0 Å². The first kappa shape index (κ1) is 39.1. The number of benzene rings is 2. The molecule has 57 heavy (non-hydrogen) atoms. The number of carbonyl (C=O) groups excluding carboxylic acids is 1. The Morgan fingerprint density at radius 2 is 1.77 bits per heavy atom. The van der Waals surface area contributed by atoms with E-state index >= 15 is 0 Å². The summed E-state index contributed by atoms with van der Waals surface area (Å²) in [6.07, 6.45) is 6.37. The zero-order chi connectivity index (χ0) is 39.7. The highest BCUT2D eigenvalue weighted by molar-refractivity contribution is 6.36. The smallest absolute Gasteiger partial charge is 0.310 e. The molecule has 2 N–H and O–H groups in total. The number of pyridine rings is 2. The predicted molar refractivity (Wildman–Crippen MR) is 216 cm³/mol. The van der Waals surface area contributed by atoms with Crippen LogP contribution in [0.1, 0.15) is 79.7 Å².